The van der Waals surface area contributed by atoms with Crippen LogP contribution in [0.15, 0.2) is 0 Å². The van der Waals surface area contributed by atoms with Crippen molar-refractivity contribution in [2.45, 2.75) is 38.6 Å². The number of nitrogens with one attached hydrogen (secondary N) is 1. The Labute approximate surface area is 98.9 Å². The minimum atomic E-state index is 0.644. The van der Waals surface area contributed by atoms with E-state index in [0.29, 0.717) is 5.92 Å². The highest BCUT2D eigenvalue weighted by Gasteiger charge is 2.29. The summed E-state index contributed by atoms with van der Waals surface area (Å²) in [4.78, 5) is 0. The molecule has 2 fully saturated rings. The Morgan fingerprint density at radius 2 is 2.25 bits per heavy atom. The van der Waals surface area contributed by atoms with Crippen LogP contribution in [0.3, 0.4) is 0 Å². The summed E-state index contributed by atoms with van der Waals surface area (Å²) in [6.07, 6.45) is 5.27. The van der Waals surface area contributed by atoms with Gasteiger partial charge in [-0.2, -0.15) is 0 Å². The van der Waals surface area contributed by atoms with Crippen LogP contribution in [0.1, 0.15) is 32.6 Å². The fraction of sp³-hybridized carbons (Fsp3) is 1.00. The molecule has 1 heterocycles. The molecule has 1 N–H and O–H groups in total. The lowest BCUT2D eigenvalue weighted by molar-refractivity contribution is 0.0896. The zero-order chi connectivity index (χ0) is 11.2. The molecular weight excluding hydrogens is 202 g/mol. The van der Waals surface area contributed by atoms with Gasteiger partial charge in [0.25, 0.3) is 0 Å². The van der Waals surface area contributed by atoms with Gasteiger partial charge >= 0.3 is 0 Å². The van der Waals surface area contributed by atoms with Crippen molar-refractivity contribution in [2.75, 3.05) is 33.0 Å². The van der Waals surface area contributed by atoms with Gasteiger partial charge in [0.15, 0.2) is 0 Å². The maximum Gasteiger partial charge on any atom is 0.0591 e. The van der Waals surface area contributed by atoms with Gasteiger partial charge in [0.05, 0.1) is 19.8 Å². The van der Waals surface area contributed by atoms with Crippen LogP contribution in [0.5, 0.6) is 0 Å². The van der Waals surface area contributed by atoms with E-state index in [9.17, 15) is 0 Å². The van der Waals surface area contributed by atoms with E-state index in [1.165, 1.54) is 25.7 Å². The average Bonchev–Trinajstić information content (AvgIpc) is 3.01. The molecule has 0 aromatic heterocycles. The second-order valence-electron chi connectivity index (χ2n) is 5.11. The molecule has 2 aliphatic rings. The zero-order valence-electron chi connectivity index (χ0n) is 10.4. The Morgan fingerprint density at radius 3 is 2.88 bits per heavy atom. The van der Waals surface area contributed by atoms with E-state index in [-0.39, 0.29) is 0 Å². The fourth-order valence-electron chi connectivity index (χ4n) is 2.42. The van der Waals surface area contributed by atoms with Gasteiger partial charge in [0, 0.05) is 25.1 Å². The first-order valence-corrected chi connectivity index (χ1v) is 6.79. The molecule has 1 aliphatic carbocycles. The van der Waals surface area contributed by atoms with Crippen LogP contribution in [0.2, 0.25) is 0 Å². The van der Waals surface area contributed by atoms with E-state index >= 15 is 0 Å². The highest BCUT2D eigenvalue weighted by Crippen LogP contribution is 2.33. The first-order chi connectivity index (χ1) is 7.90. The molecule has 94 valence electrons. The molecule has 0 radical (unpaired) electrons. The molecule has 1 saturated heterocycles. The van der Waals surface area contributed by atoms with Crippen molar-refractivity contribution >= 4 is 0 Å². The molecule has 0 amide bonds. The van der Waals surface area contributed by atoms with Gasteiger partial charge in [-0.15, -0.1) is 0 Å². The largest absolute Gasteiger partial charge is 0.381 e. The summed E-state index contributed by atoms with van der Waals surface area (Å²) in [7, 11) is 0. The molecule has 0 aromatic rings. The Balaban J connectivity index is 1.44. The molecule has 1 saturated carbocycles. The lowest BCUT2D eigenvalue weighted by atomic mass is 10.1. The summed E-state index contributed by atoms with van der Waals surface area (Å²) >= 11 is 0. The zero-order valence-corrected chi connectivity index (χ0v) is 10.4. The first-order valence-electron chi connectivity index (χ1n) is 6.79. The summed E-state index contributed by atoms with van der Waals surface area (Å²) in [5.41, 5.74) is 0. The van der Waals surface area contributed by atoms with Crippen molar-refractivity contribution in [1.82, 2.24) is 5.32 Å². The average molecular weight is 227 g/mol. The Kier molecular flexibility index (Phi) is 5.07. The van der Waals surface area contributed by atoms with Crippen molar-refractivity contribution in [1.29, 1.82) is 0 Å². The van der Waals surface area contributed by atoms with Crippen molar-refractivity contribution in [3.05, 3.63) is 0 Å². The molecule has 0 aromatic carbocycles. The van der Waals surface area contributed by atoms with Crippen LogP contribution in [0, 0.1) is 11.8 Å². The smallest absolute Gasteiger partial charge is 0.0591 e. The van der Waals surface area contributed by atoms with Crippen LogP contribution in [0.25, 0.3) is 0 Å². The Hall–Kier alpha value is -0.120. The van der Waals surface area contributed by atoms with Crippen molar-refractivity contribution in [3.8, 4) is 0 Å². The standard InChI is InChI=1S/C13H25NO2/c1-2-13(12-3-4-12)14-6-8-16-10-11-5-7-15-9-11/h11-14H,2-10H2,1H3. The molecule has 16 heavy (non-hydrogen) atoms. The molecule has 3 heteroatoms. The first kappa shape index (κ1) is 12.3. The molecule has 0 spiro atoms. The van der Waals surface area contributed by atoms with Gasteiger partial charge in [-0.3, -0.25) is 0 Å². The van der Waals surface area contributed by atoms with Gasteiger partial charge in [-0.1, -0.05) is 6.92 Å². The summed E-state index contributed by atoms with van der Waals surface area (Å²) in [5, 5.41) is 3.60. The number of rotatable bonds is 8. The van der Waals surface area contributed by atoms with Gasteiger partial charge in [-0.05, 0) is 31.6 Å². The Morgan fingerprint density at radius 1 is 1.38 bits per heavy atom. The fourth-order valence-corrected chi connectivity index (χ4v) is 2.42. The van der Waals surface area contributed by atoms with Crippen molar-refractivity contribution < 1.29 is 9.47 Å². The van der Waals surface area contributed by atoms with Gasteiger partial charge < -0.3 is 14.8 Å². The van der Waals surface area contributed by atoms with E-state index < -0.39 is 0 Å². The molecule has 2 unspecified atom stereocenters. The van der Waals surface area contributed by atoms with E-state index in [2.05, 4.69) is 12.2 Å². The SMILES string of the molecule is CCC(NCCOCC1CCOC1)C1CC1. The van der Waals surface area contributed by atoms with Crippen LogP contribution >= 0.6 is 0 Å². The lowest BCUT2D eigenvalue weighted by Crippen LogP contribution is -2.33. The third kappa shape index (κ3) is 4.04. The maximum absolute atomic E-state index is 5.67. The van der Waals surface area contributed by atoms with Crippen LogP contribution in [-0.4, -0.2) is 39.0 Å². The van der Waals surface area contributed by atoms with E-state index in [1.807, 2.05) is 0 Å². The van der Waals surface area contributed by atoms with Crippen LogP contribution in [-0.2, 0) is 9.47 Å². The topological polar surface area (TPSA) is 30.5 Å². The number of ether oxygens (including phenoxy) is 2. The second kappa shape index (κ2) is 6.58. The molecule has 0 bridgehead atoms. The molecule has 1 aliphatic heterocycles. The highest BCUT2D eigenvalue weighted by atomic mass is 16.5. The highest BCUT2D eigenvalue weighted by molar-refractivity contribution is 4.85. The quantitative estimate of drug-likeness (QED) is 0.642. The summed E-state index contributed by atoms with van der Waals surface area (Å²) in [6.45, 7) is 6.82. The third-order valence-corrected chi connectivity index (χ3v) is 3.66. The van der Waals surface area contributed by atoms with Crippen molar-refractivity contribution in [2.24, 2.45) is 11.8 Å². The van der Waals surface area contributed by atoms with Crippen LogP contribution < -0.4 is 5.32 Å². The minimum Gasteiger partial charge on any atom is -0.381 e. The van der Waals surface area contributed by atoms with Gasteiger partial charge in [-0.25, -0.2) is 0 Å². The summed E-state index contributed by atoms with van der Waals surface area (Å²) < 4.78 is 11.0. The van der Waals surface area contributed by atoms with Gasteiger partial charge in [0.2, 0.25) is 0 Å². The van der Waals surface area contributed by atoms with E-state index in [0.717, 1.165) is 44.9 Å². The maximum atomic E-state index is 5.67. The third-order valence-electron chi connectivity index (χ3n) is 3.66. The Bertz CT molecular complexity index is 188. The van der Waals surface area contributed by atoms with Gasteiger partial charge in [0.1, 0.15) is 0 Å². The summed E-state index contributed by atoms with van der Waals surface area (Å²) in [5.74, 6) is 1.60. The molecule has 2 atom stereocenters. The van der Waals surface area contributed by atoms with Crippen LogP contribution in [0.4, 0.5) is 0 Å². The van der Waals surface area contributed by atoms with E-state index in [1.54, 1.807) is 0 Å². The summed E-state index contributed by atoms with van der Waals surface area (Å²) in [6, 6.07) is 0.735. The number of hydrogen-bond donors (Lipinski definition) is 1. The lowest BCUT2D eigenvalue weighted by Gasteiger charge is -2.16. The molecule has 3 nitrogen and oxygen atoms in total. The normalized spacial score (nSPS) is 27.2. The molecule has 2 rings (SSSR count). The monoisotopic (exact) mass is 227 g/mol. The minimum absolute atomic E-state index is 0.644. The van der Waals surface area contributed by atoms with E-state index in [4.69, 9.17) is 9.47 Å². The number of hydrogen-bond acceptors (Lipinski definition) is 3. The second-order valence-corrected chi connectivity index (χ2v) is 5.11. The molecular formula is C13H25NO2. The van der Waals surface area contributed by atoms with Crippen molar-refractivity contribution in [3.63, 3.8) is 0 Å². The predicted molar refractivity (Wildman–Crippen MR) is 64.6 cm³/mol. The predicted octanol–water partition coefficient (Wildman–Crippen LogP) is 1.82.